The maximum absolute atomic E-state index is 12.9. The highest BCUT2D eigenvalue weighted by molar-refractivity contribution is 8.01. The van der Waals surface area contributed by atoms with Gasteiger partial charge < -0.3 is 4.90 Å². The SMILES string of the molecule is Cc1ccccc1-n1nc(SCC(=O)N2CCC[C@H]3CCCC[C@H]32)sc1=S. The summed E-state index contributed by atoms with van der Waals surface area (Å²) in [7, 11) is 0. The Bertz CT molecular complexity index is 873. The van der Waals surface area contributed by atoms with Gasteiger partial charge in [0.2, 0.25) is 5.91 Å². The van der Waals surface area contributed by atoms with Crippen LogP contribution in [-0.2, 0) is 4.79 Å². The van der Waals surface area contributed by atoms with Gasteiger partial charge in [-0.05, 0) is 62.4 Å². The maximum Gasteiger partial charge on any atom is 0.233 e. The number of nitrogens with zero attached hydrogens (tertiary/aromatic N) is 3. The number of aromatic nitrogens is 2. The van der Waals surface area contributed by atoms with Gasteiger partial charge in [-0.1, -0.05) is 54.1 Å². The van der Waals surface area contributed by atoms with Crippen LogP contribution < -0.4 is 0 Å². The summed E-state index contributed by atoms with van der Waals surface area (Å²) < 4.78 is 3.42. The Morgan fingerprint density at radius 1 is 1.26 bits per heavy atom. The molecule has 2 fully saturated rings. The van der Waals surface area contributed by atoms with E-state index in [1.54, 1.807) is 0 Å². The highest BCUT2D eigenvalue weighted by atomic mass is 32.2. The third kappa shape index (κ3) is 4.15. The minimum Gasteiger partial charge on any atom is -0.339 e. The predicted molar refractivity (Wildman–Crippen MR) is 114 cm³/mol. The van der Waals surface area contributed by atoms with E-state index in [0.717, 1.165) is 38.4 Å². The fourth-order valence-corrected chi connectivity index (χ4v) is 6.65. The normalized spacial score (nSPS) is 22.5. The summed E-state index contributed by atoms with van der Waals surface area (Å²) in [5, 5.41) is 4.66. The Balaban J connectivity index is 1.43. The molecular weight excluding hydrogens is 394 g/mol. The molecule has 1 aliphatic carbocycles. The van der Waals surface area contributed by atoms with Crippen molar-refractivity contribution in [2.24, 2.45) is 5.92 Å². The molecule has 0 bridgehead atoms. The van der Waals surface area contributed by atoms with Crippen LogP contribution in [0.3, 0.4) is 0 Å². The number of amides is 1. The van der Waals surface area contributed by atoms with Crippen molar-refractivity contribution in [3.8, 4) is 5.69 Å². The highest BCUT2D eigenvalue weighted by Crippen LogP contribution is 2.36. The molecule has 1 aromatic carbocycles. The Morgan fingerprint density at radius 2 is 2.04 bits per heavy atom. The van der Waals surface area contributed by atoms with Crippen LogP contribution in [0, 0.1) is 16.8 Å². The van der Waals surface area contributed by atoms with E-state index in [1.807, 2.05) is 22.9 Å². The zero-order chi connectivity index (χ0) is 18.8. The Kier molecular flexibility index (Phi) is 5.99. The van der Waals surface area contributed by atoms with Gasteiger partial charge >= 0.3 is 0 Å². The van der Waals surface area contributed by atoms with Crippen molar-refractivity contribution in [3.05, 3.63) is 33.8 Å². The molecule has 27 heavy (non-hydrogen) atoms. The second-order valence-corrected chi connectivity index (χ2v) is 10.3. The van der Waals surface area contributed by atoms with Crippen molar-refractivity contribution in [2.75, 3.05) is 12.3 Å². The fourth-order valence-electron chi connectivity index (χ4n) is 4.41. The summed E-state index contributed by atoms with van der Waals surface area (Å²) in [6.07, 6.45) is 7.52. The van der Waals surface area contributed by atoms with Crippen LogP contribution in [0.4, 0.5) is 0 Å². The van der Waals surface area contributed by atoms with Crippen molar-refractivity contribution in [1.82, 2.24) is 14.7 Å². The Morgan fingerprint density at radius 3 is 2.89 bits per heavy atom. The van der Waals surface area contributed by atoms with Gasteiger partial charge in [-0.25, -0.2) is 4.68 Å². The third-order valence-electron chi connectivity index (χ3n) is 5.76. The maximum atomic E-state index is 12.9. The number of carbonyl (C=O) groups excluding carboxylic acids is 1. The Hall–Kier alpha value is -1.18. The van der Waals surface area contributed by atoms with Crippen molar-refractivity contribution in [3.63, 3.8) is 0 Å². The van der Waals surface area contributed by atoms with Crippen LogP contribution in [0.15, 0.2) is 28.6 Å². The van der Waals surface area contributed by atoms with Crippen LogP contribution in [0.25, 0.3) is 5.69 Å². The highest BCUT2D eigenvalue weighted by Gasteiger charge is 2.35. The van der Waals surface area contributed by atoms with E-state index in [-0.39, 0.29) is 5.91 Å². The van der Waals surface area contributed by atoms with Gasteiger partial charge in [0, 0.05) is 12.6 Å². The number of benzene rings is 1. The first-order valence-electron chi connectivity index (χ1n) is 9.72. The Labute approximate surface area is 174 Å². The van der Waals surface area contributed by atoms with Crippen molar-refractivity contribution in [2.45, 2.75) is 55.8 Å². The lowest BCUT2D eigenvalue weighted by atomic mass is 9.78. The zero-order valence-electron chi connectivity index (χ0n) is 15.6. The predicted octanol–water partition coefficient (Wildman–Crippen LogP) is 5.25. The molecule has 0 radical (unpaired) electrons. The van der Waals surface area contributed by atoms with Gasteiger partial charge in [0.1, 0.15) is 0 Å². The van der Waals surface area contributed by atoms with Gasteiger partial charge in [0.25, 0.3) is 0 Å². The number of para-hydroxylation sites is 1. The van der Waals surface area contributed by atoms with E-state index in [1.165, 1.54) is 55.2 Å². The van der Waals surface area contributed by atoms with E-state index in [2.05, 4.69) is 23.0 Å². The molecule has 0 unspecified atom stereocenters. The number of carbonyl (C=O) groups is 1. The largest absolute Gasteiger partial charge is 0.339 e. The molecule has 1 amide bonds. The number of rotatable bonds is 4. The molecule has 1 aromatic heterocycles. The molecule has 4 rings (SSSR count). The van der Waals surface area contributed by atoms with Crippen molar-refractivity contribution in [1.29, 1.82) is 0 Å². The molecule has 2 atom stereocenters. The van der Waals surface area contributed by atoms with E-state index in [0.29, 0.717) is 11.8 Å². The molecular formula is C20H25N3OS3. The first-order valence-corrected chi connectivity index (χ1v) is 11.9. The van der Waals surface area contributed by atoms with Crippen LogP contribution in [0.1, 0.15) is 44.1 Å². The quantitative estimate of drug-likeness (QED) is 0.501. The minimum absolute atomic E-state index is 0.264. The van der Waals surface area contributed by atoms with E-state index >= 15 is 0 Å². The zero-order valence-corrected chi connectivity index (χ0v) is 18.0. The van der Waals surface area contributed by atoms with Gasteiger partial charge in [-0.15, -0.1) is 5.10 Å². The van der Waals surface area contributed by atoms with Crippen molar-refractivity contribution < 1.29 is 4.79 Å². The average Bonchev–Trinajstić information content (AvgIpc) is 3.06. The summed E-state index contributed by atoms with van der Waals surface area (Å²) >= 11 is 8.52. The second-order valence-electron chi connectivity index (χ2n) is 7.46. The summed E-state index contributed by atoms with van der Waals surface area (Å²) in [6.45, 7) is 2.98. The lowest BCUT2D eigenvalue weighted by Crippen LogP contribution is -2.50. The van der Waals surface area contributed by atoms with Crippen LogP contribution >= 0.6 is 35.3 Å². The first-order chi connectivity index (χ1) is 13.1. The fraction of sp³-hybridized carbons (Fsp3) is 0.550. The lowest BCUT2D eigenvalue weighted by Gasteiger charge is -2.44. The number of piperidine rings is 1. The standard InChI is InChI=1S/C20H25N3OS3/c1-14-7-2-4-10-16(14)23-20(25)27-19(21-23)26-13-18(24)22-12-6-9-15-8-3-5-11-17(15)22/h2,4,7,10,15,17H,3,5-6,8-9,11-13H2,1H3/t15-,17-/m1/s1. The molecule has 2 aliphatic rings. The molecule has 2 heterocycles. The van der Waals surface area contributed by atoms with Crippen molar-refractivity contribution >= 4 is 41.2 Å². The molecule has 144 valence electrons. The van der Waals surface area contributed by atoms with Crippen LogP contribution in [0.2, 0.25) is 0 Å². The van der Waals surface area contributed by atoms with Gasteiger partial charge in [-0.3, -0.25) is 4.79 Å². The van der Waals surface area contributed by atoms with Crippen LogP contribution in [-0.4, -0.2) is 38.9 Å². The number of thioether (sulfide) groups is 1. The summed E-state index contributed by atoms with van der Waals surface area (Å²) in [5.41, 5.74) is 2.15. The molecule has 2 aromatic rings. The molecule has 7 heteroatoms. The van der Waals surface area contributed by atoms with Crippen LogP contribution in [0.5, 0.6) is 0 Å². The second kappa shape index (κ2) is 8.45. The monoisotopic (exact) mass is 419 g/mol. The van der Waals surface area contributed by atoms with E-state index in [9.17, 15) is 4.79 Å². The third-order valence-corrected chi connectivity index (χ3v) is 8.11. The topological polar surface area (TPSA) is 38.1 Å². The van der Waals surface area contributed by atoms with E-state index < -0.39 is 0 Å². The minimum atomic E-state index is 0.264. The number of hydrogen-bond acceptors (Lipinski definition) is 5. The molecule has 0 N–H and O–H groups in total. The number of fused-ring (bicyclic) bond motifs is 1. The van der Waals surface area contributed by atoms with Gasteiger partial charge in [0.15, 0.2) is 8.29 Å². The number of likely N-dealkylation sites (tertiary alicyclic amines) is 1. The number of hydrogen-bond donors (Lipinski definition) is 0. The van der Waals surface area contributed by atoms with E-state index in [4.69, 9.17) is 12.2 Å². The number of aryl methyl sites for hydroxylation is 1. The molecule has 1 saturated heterocycles. The molecule has 0 spiro atoms. The summed E-state index contributed by atoms with van der Waals surface area (Å²) in [6, 6.07) is 8.57. The summed E-state index contributed by atoms with van der Waals surface area (Å²) in [5.74, 6) is 1.45. The smallest absolute Gasteiger partial charge is 0.233 e. The summed E-state index contributed by atoms with van der Waals surface area (Å²) in [4.78, 5) is 15.1. The molecule has 1 aliphatic heterocycles. The lowest BCUT2D eigenvalue weighted by molar-refractivity contribution is -0.134. The molecule has 1 saturated carbocycles. The average molecular weight is 420 g/mol. The first kappa shape index (κ1) is 19.2. The van der Waals surface area contributed by atoms with Gasteiger partial charge in [0.05, 0.1) is 11.4 Å². The van der Waals surface area contributed by atoms with Gasteiger partial charge in [-0.2, -0.15) is 0 Å². The molecule has 4 nitrogen and oxygen atoms in total.